The number of hydrogen-bond acceptors (Lipinski definition) is 4. The van der Waals surface area contributed by atoms with Crippen LogP contribution in [0, 0.1) is 12.7 Å². The Balaban J connectivity index is 1.60. The Kier molecular flexibility index (Phi) is 3.82. The van der Waals surface area contributed by atoms with E-state index in [0.29, 0.717) is 11.3 Å². The third-order valence-electron chi connectivity index (χ3n) is 4.64. The number of thioether (sulfide) groups is 1. The van der Waals surface area contributed by atoms with Crippen LogP contribution in [0.2, 0.25) is 0 Å². The van der Waals surface area contributed by atoms with Crippen molar-refractivity contribution >= 4 is 11.8 Å². The van der Waals surface area contributed by atoms with Crippen molar-refractivity contribution in [1.29, 1.82) is 0 Å². The maximum Gasteiger partial charge on any atom is 0.168 e. The van der Waals surface area contributed by atoms with Crippen molar-refractivity contribution in [2.24, 2.45) is 0 Å². The second-order valence-electron chi connectivity index (χ2n) is 6.47. The molecule has 0 unspecified atom stereocenters. The van der Waals surface area contributed by atoms with Crippen LogP contribution in [0.25, 0.3) is 33.8 Å². The first-order valence-electron chi connectivity index (χ1n) is 8.67. The van der Waals surface area contributed by atoms with Crippen LogP contribution in [0.5, 0.6) is 0 Å². The minimum absolute atomic E-state index is 0.278. The Labute approximate surface area is 159 Å². The van der Waals surface area contributed by atoms with E-state index in [-0.39, 0.29) is 5.82 Å². The first kappa shape index (κ1) is 16.3. The highest BCUT2D eigenvalue weighted by atomic mass is 32.2. The lowest BCUT2D eigenvalue weighted by Crippen LogP contribution is -1.91. The molecule has 0 radical (unpaired) electrons. The lowest BCUT2D eigenvalue weighted by molar-refractivity contribution is 0.631. The number of H-pyrrole nitrogens is 1. The molecule has 0 saturated heterocycles. The number of halogens is 1. The number of pyridine rings is 1. The number of nitrogens with zero attached hydrogens (tertiary/aromatic N) is 4. The number of rotatable bonds is 3. The molecule has 0 spiro atoms. The van der Waals surface area contributed by atoms with Gasteiger partial charge in [0, 0.05) is 35.3 Å². The molecule has 1 N–H and O–H groups in total. The van der Waals surface area contributed by atoms with Crippen molar-refractivity contribution in [1.82, 2.24) is 24.7 Å². The van der Waals surface area contributed by atoms with Gasteiger partial charge in [-0.05, 0) is 36.8 Å². The van der Waals surface area contributed by atoms with Gasteiger partial charge in [0.25, 0.3) is 0 Å². The van der Waals surface area contributed by atoms with Gasteiger partial charge in [-0.2, -0.15) is 5.10 Å². The molecular formula is C20H16FN5S. The van der Waals surface area contributed by atoms with Gasteiger partial charge < -0.3 is 4.57 Å². The first-order chi connectivity index (χ1) is 13.2. The molecule has 0 bridgehead atoms. The number of benzene rings is 1. The molecule has 0 fully saturated rings. The maximum absolute atomic E-state index is 14.5. The van der Waals surface area contributed by atoms with Gasteiger partial charge in [0.1, 0.15) is 5.82 Å². The SMILES string of the molecule is Cc1cccc(-c2[nH]ncc2-c2ccc(F)c(-c3cn4c(n3)SCC4)c2)n1. The number of aromatic nitrogens is 5. The standard InChI is InChI=1S/C20H16FN5S/c1-12-3-2-4-17(23-12)19-15(10-22-25-19)13-5-6-16(21)14(9-13)18-11-26-7-8-27-20(26)24-18/h2-6,9-11H,7-8H2,1H3,(H,22,25). The maximum atomic E-state index is 14.5. The molecule has 0 saturated carbocycles. The molecule has 4 aromatic rings. The molecule has 4 heterocycles. The highest BCUT2D eigenvalue weighted by molar-refractivity contribution is 7.99. The number of aryl methyl sites for hydroxylation is 2. The van der Waals surface area contributed by atoms with Crippen LogP contribution in [0.3, 0.4) is 0 Å². The molecule has 0 amide bonds. The van der Waals surface area contributed by atoms with Crippen LogP contribution < -0.4 is 0 Å². The average Bonchev–Trinajstić information content (AvgIpc) is 3.38. The molecule has 0 atom stereocenters. The van der Waals surface area contributed by atoms with Crippen molar-refractivity contribution in [2.75, 3.05) is 5.75 Å². The van der Waals surface area contributed by atoms with E-state index in [9.17, 15) is 4.39 Å². The minimum Gasteiger partial charge on any atom is -0.325 e. The molecular weight excluding hydrogens is 361 g/mol. The molecule has 7 heteroatoms. The monoisotopic (exact) mass is 377 g/mol. The van der Waals surface area contributed by atoms with Crippen molar-refractivity contribution in [3.8, 4) is 33.8 Å². The molecule has 5 rings (SSSR count). The molecule has 5 nitrogen and oxygen atoms in total. The van der Waals surface area contributed by atoms with Gasteiger partial charge in [-0.1, -0.05) is 23.9 Å². The zero-order valence-electron chi connectivity index (χ0n) is 14.6. The first-order valence-corrected chi connectivity index (χ1v) is 9.65. The van der Waals surface area contributed by atoms with E-state index in [0.717, 1.165) is 45.7 Å². The van der Waals surface area contributed by atoms with E-state index in [1.165, 1.54) is 6.07 Å². The van der Waals surface area contributed by atoms with Crippen LogP contribution in [0.1, 0.15) is 5.69 Å². The summed E-state index contributed by atoms with van der Waals surface area (Å²) in [5.74, 6) is 0.742. The van der Waals surface area contributed by atoms with E-state index in [1.54, 1.807) is 24.0 Å². The molecule has 3 aromatic heterocycles. The Morgan fingerprint density at radius 2 is 2.04 bits per heavy atom. The second kappa shape index (κ2) is 6.35. The third kappa shape index (κ3) is 2.84. The summed E-state index contributed by atoms with van der Waals surface area (Å²) in [6.07, 6.45) is 3.68. The van der Waals surface area contributed by atoms with Crippen LogP contribution in [-0.4, -0.2) is 30.5 Å². The fourth-order valence-electron chi connectivity index (χ4n) is 3.31. The molecule has 1 aromatic carbocycles. The highest BCUT2D eigenvalue weighted by Crippen LogP contribution is 2.35. The number of imidazole rings is 1. The summed E-state index contributed by atoms with van der Waals surface area (Å²) in [4.78, 5) is 9.16. The Morgan fingerprint density at radius 1 is 1.11 bits per heavy atom. The van der Waals surface area contributed by atoms with Crippen LogP contribution in [0.4, 0.5) is 4.39 Å². The van der Waals surface area contributed by atoms with Gasteiger partial charge in [-0.25, -0.2) is 9.37 Å². The van der Waals surface area contributed by atoms with Crippen molar-refractivity contribution < 1.29 is 4.39 Å². The fourth-order valence-corrected chi connectivity index (χ4v) is 4.25. The summed E-state index contributed by atoms with van der Waals surface area (Å²) in [5, 5.41) is 8.16. The number of aromatic amines is 1. The van der Waals surface area contributed by atoms with Gasteiger partial charge in [0.2, 0.25) is 0 Å². The van der Waals surface area contributed by atoms with Gasteiger partial charge in [0.15, 0.2) is 5.16 Å². The predicted octanol–water partition coefficient (Wildman–Crippen LogP) is 4.56. The lowest BCUT2D eigenvalue weighted by atomic mass is 10.0. The van der Waals surface area contributed by atoms with E-state index in [4.69, 9.17) is 0 Å². The largest absolute Gasteiger partial charge is 0.325 e. The number of fused-ring (bicyclic) bond motifs is 1. The Bertz CT molecular complexity index is 1130. The van der Waals surface area contributed by atoms with E-state index >= 15 is 0 Å². The normalized spacial score (nSPS) is 13.1. The van der Waals surface area contributed by atoms with E-state index in [1.807, 2.05) is 37.4 Å². The highest BCUT2D eigenvalue weighted by Gasteiger charge is 2.19. The second-order valence-corrected chi connectivity index (χ2v) is 7.53. The zero-order chi connectivity index (χ0) is 18.4. The van der Waals surface area contributed by atoms with Gasteiger partial charge in [-0.3, -0.25) is 10.1 Å². The topological polar surface area (TPSA) is 59.4 Å². The summed E-state index contributed by atoms with van der Waals surface area (Å²) < 4.78 is 16.6. The van der Waals surface area contributed by atoms with E-state index in [2.05, 4.69) is 24.7 Å². The predicted molar refractivity (Wildman–Crippen MR) is 104 cm³/mol. The summed E-state index contributed by atoms with van der Waals surface area (Å²) in [6.45, 7) is 2.87. The Morgan fingerprint density at radius 3 is 2.89 bits per heavy atom. The fraction of sp³-hybridized carbons (Fsp3) is 0.150. The van der Waals surface area contributed by atoms with Crippen molar-refractivity contribution in [2.45, 2.75) is 18.6 Å². The van der Waals surface area contributed by atoms with Gasteiger partial charge in [-0.15, -0.1) is 0 Å². The number of hydrogen-bond donors (Lipinski definition) is 1. The summed E-state index contributed by atoms with van der Waals surface area (Å²) in [7, 11) is 0. The Hall–Kier alpha value is -2.93. The van der Waals surface area contributed by atoms with E-state index < -0.39 is 0 Å². The quantitative estimate of drug-likeness (QED) is 0.569. The summed E-state index contributed by atoms with van der Waals surface area (Å²) >= 11 is 1.70. The summed E-state index contributed by atoms with van der Waals surface area (Å²) in [6, 6.07) is 10.9. The van der Waals surface area contributed by atoms with Crippen molar-refractivity contribution in [3.63, 3.8) is 0 Å². The average molecular weight is 377 g/mol. The van der Waals surface area contributed by atoms with Crippen LogP contribution >= 0.6 is 11.8 Å². The lowest BCUT2D eigenvalue weighted by Gasteiger charge is -2.07. The van der Waals surface area contributed by atoms with Crippen LogP contribution in [-0.2, 0) is 6.54 Å². The minimum atomic E-state index is -0.278. The molecule has 1 aliphatic rings. The summed E-state index contributed by atoms with van der Waals surface area (Å²) in [5.41, 5.74) is 5.48. The smallest absolute Gasteiger partial charge is 0.168 e. The van der Waals surface area contributed by atoms with Crippen LogP contribution in [0.15, 0.2) is 53.9 Å². The molecule has 1 aliphatic heterocycles. The third-order valence-corrected chi connectivity index (χ3v) is 5.61. The molecule has 0 aliphatic carbocycles. The van der Waals surface area contributed by atoms with Gasteiger partial charge >= 0.3 is 0 Å². The number of nitrogens with one attached hydrogen (secondary N) is 1. The zero-order valence-corrected chi connectivity index (χ0v) is 15.4. The van der Waals surface area contributed by atoms with Crippen molar-refractivity contribution in [3.05, 3.63) is 60.3 Å². The van der Waals surface area contributed by atoms with Gasteiger partial charge in [0.05, 0.1) is 23.3 Å². The molecule has 27 heavy (non-hydrogen) atoms. The molecule has 134 valence electrons.